The molecule has 2 aromatic rings. The molecule has 0 bridgehead atoms. The topological polar surface area (TPSA) is 97.4 Å². The molecular weight excluding hydrogens is 466 g/mol. The molecule has 0 aliphatic carbocycles. The van der Waals surface area contributed by atoms with Gasteiger partial charge in [0.1, 0.15) is 17.2 Å². The average Bonchev–Trinajstić information content (AvgIpc) is 3.05. The first-order valence-electron chi connectivity index (χ1n) is 6.43. The molecule has 0 radical (unpaired) electrons. The van der Waals surface area contributed by atoms with E-state index in [1.165, 1.54) is 18.2 Å². The van der Waals surface area contributed by atoms with Crippen molar-refractivity contribution in [2.45, 2.75) is 0 Å². The Morgan fingerprint density at radius 2 is 1.88 bits per heavy atom. The number of nitro benzene ring substituents is 1. The highest BCUT2D eigenvalue weighted by atomic mass is 79.9. The van der Waals surface area contributed by atoms with Crippen LogP contribution in [0, 0.1) is 10.1 Å². The minimum Gasteiger partial charge on any atom is -0.457 e. The molecule has 10 heteroatoms. The van der Waals surface area contributed by atoms with Crippen LogP contribution in [0.4, 0.5) is 5.69 Å². The summed E-state index contributed by atoms with van der Waals surface area (Å²) in [4.78, 5) is 22.0. The molecule has 24 heavy (non-hydrogen) atoms. The van der Waals surface area contributed by atoms with Gasteiger partial charge < -0.3 is 9.73 Å². The summed E-state index contributed by atoms with van der Waals surface area (Å²) in [6.07, 6.45) is 1.52. The largest absolute Gasteiger partial charge is 0.457 e. The fraction of sp³-hybridized carbons (Fsp3) is 0. The summed E-state index contributed by atoms with van der Waals surface area (Å²) >= 11 is 11.5. The molecule has 1 saturated heterocycles. The minimum atomic E-state index is -0.482. The number of thiocarbonyl (C=S) groups is 1. The first kappa shape index (κ1) is 16.8. The van der Waals surface area contributed by atoms with Crippen molar-refractivity contribution in [1.82, 2.24) is 10.6 Å². The molecule has 0 atom stereocenters. The van der Waals surface area contributed by atoms with E-state index < -0.39 is 4.92 Å². The number of carbonyl (C=O) groups is 1. The van der Waals surface area contributed by atoms with Crippen molar-refractivity contribution < 1.29 is 14.1 Å². The second kappa shape index (κ2) is 6.46. The first-order chi connectivity index (χ1) is 11.3. The van der Waals surface area contributed by atoms with Crippen molar-refractivity contribution in [2.24, 2.45) is 0 Å². The maximum Gasteiger partial charge on any atom is 0.274 e. The smallest absolute Gasteiger partial charge is 0.274 e. The van der Waals surface area contributed by atoms with E-state index in [9.17, 15) is 14.9 Å². The van der Waals surface area contributed by atoms with Gasteiger partial charge in [-0.05, 0) is 56.2 Å². The van der Waals surface area contributed by atoms with Crippen molar-refractivity contribution in [3.05, 3.63) is 54.8 Å². The van der Waals surface area contributed by atoms with Gasteiger partial charge in [-0.1, -0.05) is 0 Å². The number of benzene rings is 1. The fourth-order valence-corrected chi connectivity index (χ4v) is 3.85. The van der Waals surface area contributed by atoms with Gasteiger partial charge in [-0.15, -0.1) is 0 Å². The van der Waals surface area contributed by atoms with Crippen LogP contribution < -0.4 is 10.6 Å². The third-order valence-corrected chi connectivity index (χ3v) is 4.57. The van der Waals surface area contributed by atoms with Gasteiger partial charge in [-0.25, -0.2) is 0 Å². The molecule has 1 aromatic heterocycles. The summed E-state index contributed by atoms with van der Waals surface area (Å²) in [5.74, 6) is 0.580. The van der Waals surface area contributed by atoms with Gasteiger partial charge in [0.05, 0.1) is 4.92 Å². The predicted molar refractivity (Wildman–Crippen MR) is 98.1 cm³/mol. The second-order valence-electron chi connectivity index (χ2n) is 4.71. The highest BCUT2D eigenvalue weighted by Gasteiger charge is 2.21. The van der Waals surface area contributed by atoms with Crippen molar-refractivity contribution in [3.63, 3.8) is 0 Å². The maximum atomic E-state index is 11.6. The van der Waals surface area contributed by atoms with Gasteiger partial charge in [0.25, 0.3) is 11.6 Å². The maximum absolute atomic E-state index is 11.6. The highest BCUT2D eigenvalue weighted by molar-refractivity contribution is 9.11. The second-order valence-corrected chi connectivity index (χ2v) is 6.83. The number of carbonyl (C=O) groups excluding carboxylic acids is 1. The summed E-state index contributed by atoms with van der Waals surface area (Å²) in [5.41, 5.74) is 0.860. The Balaban J connectivity index is 1.97. The molecule has 3 rings (SSSR count). The van der Waals surface area contributed by atoms with Crippen LogP contribution >= 0.6 is 44.1 Å². The van der Waals surface area contributed by atoms with Gasteiger partial charge in [0, 0.05) is 32.7 Å². The number of non-ortho nitro benzene ring substituents is 1. The van der Waals surface area contributed by atoms with E-state index in [1.54, 1.807) is 12.1 Å². The standard InChI is InChI=1S/C14H7Br2N3O4S/c15-8-3-6(19(21)22)4-9(16)12(8)11-2-1-7(23-11)5-10-13(20)18-14(24)17-10/h1-5H,(H2,17,18,20,24)/b10-5+. The number of nitro groups is 1. The molecule has 0 spiro atoms. The number of amides is 1. The van der Waals surface area contributed by atoms with Crippen LogP contribution in [0.25, 0.3) is 17.4 Å². The number of hydrogen-bond donors (Lipinski definition) is 2. The Kier molecular flexibility index (Phi) is 4.52. The van der Waals surface area contributed by atoms with Crippen molar-refractivity contribution in [3.8, 4) is 11.3 Å². The van der Waals surface area contributed by atoms with Crippen LogP contribution in [-0.2, 0) is 4.79 Å². The van der Waals surface area contributed by atoms with E-state index in [0.29, 0.717) is 26.0 Å². The lowest BCUT2D eigenvalue weighted by molar-refractivity contribution is -0.385. The van der Waals surface area contributed by atoms with Crippen molar-refractivity contribution in [1.29, 1.82) is 0 Å². The van der Waals surface area contributed by atoms with E-state index >= 15 is 0 Å². The Bertz CT molecular complexity index is 899. The summed E-state index contributed by atoms with van der Waals surface area (Å²) in [7, 11) is 0. The molecule has 0 unspecified atom stereocenters. The summed E-state index contributed by atoms with van der Waals surface area (Å²) in [6, 6.07) is 6.17. The number of furan rings is 1. The van der Waals surface area contributed by atoms with Crippen LogP contribution in [0.2, 0.25) is 0 Å². The summed E-state index contributed by atoms with van der Waals surface area (Å²) in [5, 5.41) is 16.3. The first-order valence-corrected chi connectivity index (χ1v) is 8.42. The zero-order valence-corrected chi connectivity index (χ0v) is 15.6. The molecule has 1 amide bonds. The molecule has 1 aliphatic heterocycles. The Morgan fingerprint density at radius 1 is 1.21 bits per heavy atom. The van der Waals surface area contributed by atoms with Gasteiger partial charge in [-0.2, -0.15) is 0 Å². The highest BCUT2D eigenvalue weighted by Crippen LogP contribution is 2.39. The van der Waals surface area contributed by atoms with E-state index in [2.05, 4.69) is 42.5 Å². The van der Waals surface area contributed by atoms with Crippen LogP contribution in [0.1, 0.15) is 5.76 Å². The third kappa shape index (κ3) is 3.25. The molecule has 7 nitrogen and oxygen atoms in total. The van der Waals surface area contributed by atoms with Crippen LogP contribution in [0.3, 0.4) is 0 Å². The Hall–Kier alpha value is -2.04. The molecule has 2 heterocycles. The summed E-state index contributed by atoms with van der Waals surface area (Å²) in [6.45, 7) is 0. The van der Waals surface area contributed by atoms with Gasteiger partial charge in [-0.3, -0.25) is 20.2 Å². The molecule has 1 aromatic carbocycles. The predicted octanol–water partition coefficient (Wildman–Crippen LogP) is 3.73. The minimum absolute atomic E-state index is 0.0493. The van der Waals surface area contributed by atoms with Gasteiger partial charge >= 0.3 is 0 Å². The van der Waals surface area contributed by atoms with Crippen LogP contribution in [0.5, 0.6) is 0 Å². The Labute approximate surface area is 157 Å². The van der Waals surface area contributed by atoms with Gasteiger partial charge in [0.15, 0.2) is 5.11 Å². The monoisotopic (exact) mass is 471 g/mol. The van der Waals surface area contributed by atoms with E-state index in [4.69, 9.17) is 16.6 Å². The number of hydrogen-bond acceptors (Lipinski definition) is 5. The van der Waals surface area contributed by atoms with E-state index in [-0.39, 0.29) is 22.4 Å². The van der Waals surface area contributed by atoms with Crippen molar-refractivity contribution in [2.75, 3.05) is 0 Å². The van der Waals surface area contributed by atoms with Gasteiger partial charge in [0.2, 0.25) is 0 Å². The number of halogens is 2. The lowest BCUT2D eigenvalue weighted by Crippen LogP contribution is -2.21. The van der Waals surface area contributed by atoms with Crippen LogP contribution in [-0.4, -0.2) is 15.9 Å². The molecule has 1 aliphatic rings. The number of nitrogens with one attached hydrogen (secondary N) is 2. The molecular formula is C14H7Br2N3O4S. The average molecular weight is 473 g/mol. The number of rotatable bonds is 3. The van der Waals surface area contributed by atoms with Crippen LogP contribution in [0.15, 0.2) is 43.3 Å². The molecule has 2 N–H and O–H groups in total. The Morgan fingerprint density at radius 3 is 2.42 bits per heavy atom. The molecule has 122 valence electrons. The van der Waals surface area contributed by atoms with E-state index in [0.717, 1.165) is 0 Å². The van der Waals surface area contributed by atoms with Crippen molar-refractivity contribution >= 4 is 66.9 Å². The fourth-order valence-electron chi connectivity index (χ4n) is 2.09. The zero-order chi connectivity index (χ0) is 17.4. The normalized spacial score (nSPS) is 15.5. The lowest BCUT2D eigenvalue weighted by atomic mass is 10.1. The molecule has 0 saturated carbocycles. The summed E-state index contributed by atoms with van der Waals surface area (Å²) < 4.78 is 6.73. The lowest BCUT2D eigenvalue weighted by Gasteiger charge is -2.04. The van der Waals surface area contributed by atoms with E-state index in [1.807, 2.05) is 0 Å². The molecule has 1 fully saturated rings. The SMILES string of the molecule is O=C1NC(=S)N/C1=C/c1ccc(-c2c(Br)cc([N+](=O)[O-])cc2Br)o1. The third-order valence-electron chi connectivity index (χ3n) is 3.12. The zero-order valence-electron chi connectivity index (χ0n) is 11.6. The quantitative estimate of drug-likeness (QED) is 0.306. The number of nitrogens with zero attached hydrogens (tertiary/aromatic N) is 1.